The van der Waals surface area contributed by atoms with Crippen molar-refractivity contribution in [2.24, 2.45) is 5.10 Å². The lowest BCUT2D eigenvalue weighted by Gasteiger charge is -2.10. The van der Waals surface area contributed by atoms with Crippen molar-refractivity contribution in [1.82, 2.24) is 19.8 Å². The van der Waals surface area contributed by atoms with Crippen LogP contribution in [0.25, 0.3) is 5.69 Å². The number of carbonyl (C=O) groups excluding carboxylic acids is 2. The summed E-state index contributed by atoms with van der Waals surface area (Å²) in [7, 11) is 0. The molecule has 0 bridgehead atoms. The molecule has 174 valence electrons. The number of hydrazone groups is 1. The van der Waals surface area contributed by atoms with E-state index in [-0.39, 0.29) is 0 Å². The SMILES string of the molecule is CCOC(=O)c1ccc(-n2c(C)cc(C=NNC(=O)Cn3ccc(C(F)(F)F)n3)c2C)cc1. The molecule has 0 saturated carbocycles. The number of benzene rings is 1. The van der Waals surface area contributed by atoms with E-state index in [0.717, 1.165) is 39.6 Å². The Bertz CT molecular complexity index is 1180. The number of alkyl halides is 3. The molecule has 0 saturated heterocycles. The molecular formula is C22H22F3N5O3. The fraction of sp³-hybridized carbons (Fsp3) is 0.273. The van der Waals surface area contributed by atoms with Gasteiger partial charge in [0.05, 0.1) is 18.4 Å². The zero-order valence-corrected chi connectivity index (χ0v) is 18.2. The van der Waals surface area contributed by atoms with Crippen LogP contribution >= 0.6 is 0 Å². The van der Waals surface area contributed by atoms with Gasteiger partial charge in [-0.15, -0.1) is 0 Å². The van der Waals surface area contributed by atoms with Gasteiger partial charge >= 0.3 is 12.1 Å². The molecule has 2 heterocycles. The first-order chi connectivity index (χ1) is 15.6. The Balaban J connectivity index is 1.66. The van der Waals surface area contributed by atoms with Crippen molar-refractivity contribution in [2.75, 3.05) is 6.61 Å². The number of ether oxygens (including phenoxy) is 1. The molecule has 0 aliphatic carbocycles. The Morgan fingerprint density at radius 1 is 1.18 bits per heavy atom. The highest BCUT2D eigenvalue weighted by Gasteiger charge is 2.33. The van der Waals surface area contributed by atoms with E-state index in [1.165, 1.54) is 6.21 Å². The number of nitrogens with one attached hydrogen (secondary N) is 1. The maximum Gasteiger partial charge on any atom is 0.435 e. The number of hydrogen-bond donors (Lipinski definition) is 1. The third-order valence-electron chi connectivity index (χ3n) is 4.74. The number of aromatic nitrogens is 3. The van der Waals surface area contributed by atoms with Crippen molar-refractivity contribution in [1.29, 1.82) is 0 Å². The number of rotatable bonds is 7. The number of hydrogen-bond acceptors (Lipinski definition) is 5. The fourth-order valence-electron chi connectivity index (χ4n) is 3.23. The van der Waals surface area contributed by atoms with Gasteiger partial charge < -0.3 is 9.30 Å². The minimum atomic E-state index is -4.57. The first-order valence-electron chi connectivity index (χ1n) is 9.99. The van der Waals surface area contributed by atoms with Crippen molar-refractivity contribution in [2.45, 2.75) is 33.5 Å². The van der Waals surface area contributed by atoms with E-state index < -0.39 is 30.3 Å². The predicted octanol–water partition coefficient (Wildman–Crippen LogP) is 3.64. The first-order valence-corrected chi connectivity index (χ1v) is 9.99. The van der Waals surface area contributed by atoms with Crippen LogP contribution in [0, 0.1) is 13.8 Å². The van der Waals surface area contributed by atoms with Crippen LogP contribution in [-0.2, 0) is 22.3 Å². The summed E-state index contributed by atoms with van der Waals surface area (Å²) in [5.41, 5.74) is 4.98. The summed E-state index contributed by atoms with van der Waals surface area (Å²) in [6.07, 6.45) is -2.04. The fourth-order valence-corrected chi connectivity index (χ4v) is 3.23. The summed E-state index contributed by atoms with van der Waals surface area (Å²) in [6.45, 7) is 5.41. The van der Waals surface area contributed by atoms with Gasteiger partial charge in [0.1, 0.15) is 6.54 Å². The number of amides is 1. The monoisotopic (exact) mass is 461 g/mol. The summed E-state index contributed by atoms with van der Waals surface area (Å²) in [6, 6.07) is 9.62. The van der Waals surface area contributed by atoms with Crippen LogP contribution in [0.4, 0.5) is 13.2 Å². The molecule has 2 aromatic heterocycles. The molecule has 1 amide bonds. The van der Waals surface area contributed by atoms with Crippen molar-refractivity contribution in [3.63, 3.8) is 0 Å². The molecule has 0 unspecified atom stereocenters. The van der Waals surface area contributed by atoms with Gasteiger partial charge in [0.15, 0.2) is 5.69 Å². The molecule has 1 N–H and O–H groups in total. The number of nitrogens with zero attached hydrogens (tertiary/aromatic N) is 4. The third kappa shape index (κ3) is 5.68. The van der Waals surface area contributed by atoms with Gasteiger partial charge in [-0.05, 0) is 57.2 Å². The largest absolute Gasteiger partial charge is 0.462 e. The van der Waals surface area contributed by atoms with Crippen molar-refractivity contribution in [3.05, 3.63) is 70.8 Å². The van der Waals surface area contributed by atoms with Crippen LogP contribution in [0.5, 0.6) is 0 Å². The van der Waals surface area contributed by atoms with Crippen LogP contribution in [-0.4, -0.2) is 39.0 Å². The van der Waals surface area contributed by atoms with E-state index in [2.05, 4.69) is 15.6 Å². The second-order valence-corrected chi connectivity index (χ2v) is 7.12. The summed E-state index contributed by atoms with van der Waals surface area (Å²) in [5.74, 6) is -1.01. The van der Waals surface area contributed by atoms with Crippen LogP contribution in [0.15, 0.2) is 47.7 Å². The quantitative estimate of drug-likeness (QED) is 0.331. The Morgan fingerprint density at radius 3 is 2.48 bits per heavy atom. The van der Waals surface area contributed by atoms with E-state index in [1.54, 1.807) is 31.2 Å². The van der Waals surface area contributed by atoms with Gasteiger partial charge in [-0.2, -0.15) is 23.4 Å². The number of aryl methyl sites for hydroxylation is 1. The third-order valence-corrected chi connectivity index (χ3v) is 4.74. The average molecular weight is 461 g/mol. The van der Waals surface area contributed by atoms with Gasteiger partial charge in [0.25, 0.3) is 5.91 Å². The summed E-state index contributed by atoms with van der Waals surface area (Å²) >= 11 is 0. The molecule has 0 spiro atoms. The maximum absolute atomic E-state index is 12.6. The molecule has 0 aliphatic rings. The molecule has 0 atom stereocenters. The van der Waals surface area contributed by atoms with Crippen molar-refractivity contribution >= 4 is 18.1 Å². The standard InChI is InChI=1S/C22H22F3N5O3/c1-4-33-21(32)16-5-7-18(8-6-16)30-14(2)11-17(15(30)3)12-26-27-20(31)13-29-10-9-19(28-29)22(23,24)25/h5-12H,4,13H2,1-3H3,(H,27,31). The second-order valence-electron chi connectivity index (χ2n) is 7.12. The highest BCUT2D eigenvalue weighted by Crippen LogP contribution is 2.27. The van der Waals surface area contributed by atoms with Crippen molar-refractivity contribution < 1.29 is 27.5 Å². The Kier molecular flexibility index (Phi) is 7.00. The van der Waals surface area contributed by atoms with E-state index in [4.69, 9.17) is 4.74 Å². The van der Waals surface area contributed by atoms with Crippen LogP contribution in [0.2, 0.25) is 0 Å². The highest BCUT2D eigenvalue weighted by molar-refractivity contribution is 5.89. The van der Waals surface area contributed by atoms with E-state index >= 15 is 0 Å². The normalized spacial score (nSPS) is 11.7. The molecular weight excluding hydrogens is 439 g/mol. The smallest absolute Gasteiger partial charge is 0.435 e. The van der Waals surface area contributed by atoms with E-state index in [1.807, 2.05) is 24.5 Å². The average Bonchev–Trinajstić information content (AvgIpc) is 3.33. The van der Waals surface area contributed by atoms with Gasteiger partial charge in [-0.1, -0.05) is 0 Å². The summed E-state index contributed by atoms with van der Waals surface area (Å²) in [5, 5.41) is 7.22. The molecule has 3 rings (SSSR count). The van der Waals surface area contributed by atoms with Crippen molar-refractivity contribution in [3.8, 4) is 5.69 Å². The summed E-state index contributed by atoms with van der Waals surface area (Å²) < 4.78 is 45.6. The lowest BCUT2D eigenvalue weighted by atomic mass is 10.2. The predicted molar refractivity (Wildman–Crippen MR) is 114 cm³/mol. The molecule has 11 heteroatoms. The zero-order chi connectivity index (χ0) is 24.2. The maximum atomic E-state index is 12.6. The van der Waals surface area contributed by atoms with Crippen LogP contribution < -0.4 is 5.43 Å². The van der Waals surface area contributed by atoms with Gasteiger partial charge in [-0.3, -0.25) is 9.48 Å². The number of carbonyl (C=O) groups is 2. The molecule has 1 aromatic carbocycles. The molecule has 0 radical (unpaired) electrons. The van der Waals surface area contributed by atoms with Gasteiger partial charge in [-0.25, -0.2) is 10.2 Å². The Labute approximate surface area is 187 Å². The second kappa shape index (κ2) is 9.72. The number of esters is 1. The minimum absolute atomic E-state index is 0.298. The molecule has 8 nitrogen and oxygen atoms in total. The molecule has 0 aliphatic heterocycles. The summed E-state index contributed by atoms with van der Waals surface area (Å²) in [4.78, 5) is 23.8. The topological polar surface area (TPSA) is 90.5 Å². The zero-order valence-electron chi connectivity index (χ0n) is 18.2. The van der Waals surface area contributed by atoms with E-state index in [0.29, 0.717) is 12.2 Å². The minimum Gasteiger partial charge on any atom is -0.462 e. The Hall–Kier alpha value is -3.89. The Morgan fingerprint density at radius 2 is 1.88 bits per heavy atom. The number of halogens is 3. The van der Waals surface area contributed by atoms with Crippen LogP contribution in [0.1, 0.15) is 39.9 Å². The van der Waals surface area contributed by atoms with Gasteiger partial charge in [0.2, 0.25) is 0 Å². The molecule has 0 fully saturated rings. The van der Waals surface area contributed by atoms with Crippen LogP contribution in [0.3, 0.4) is 0 Å². The van der Waals surface area contributed by atoms with Gasteiger partial charge in [0, 0.05) is 28.8 Å². The highest BCUT2D eigenvalue weighted by atomic mass is 19.4. The van der Waals surface area contributed by atoms with E-state index in [9.17, 15) is 22.8 Å². The first kappa shape index (κ1) is 23.8. The lowest BCUT2D eigenvalue weighted by Crippen LogP contribution is -2.23. The lowest BCUT2D eigenvalue weighted by molar-refractivity contribution is -0.141. The molecule has 33 heavy (non-hydrogen) atoms. The molecule has 3 aromatic rings.